The molecule has 4 aliphatic carbocycles. The number of amides is 1. The Labute approximate surface area is 166 Å². The molecule has 28 heavy (non-hydrogen) atoms. The van der Waals surface area contributed by atoms with Crippen LogP contribution in [0.5, 0.6) is 0 Å². The lowest BCUT2D eigenvalue weighted by atomic mass is 9.67. The van der Waals surface area contributed by atoms with Crippen molar-refractivity contribution in [2.75, 3.05) is 26.3 Å². The van der Waals surface area contributed by atoms with Crippen LogP contribution in [0.3, 0.4) is 0 Å². The van der Waals surface area contributed by atoms with E-state index in [0.717, 1.165) is 32.2 Å². The molecule has 0 radical (unpaired) electrons. The summed E-state index contributed by atoms with van der Waals surface area (Å²) in [5.74, 6) is 0.606. The molecule has 1 saturated heterocycles. The standard InChI is InChI=1S/C23H31FN2O2/c1-2-28-15-21-10-17-11-23(21,20(27)26-19-8-9-25-12-18(19)24)14-22(17,13-21)16-6-4-3-5-7-16/h3-7,17-19,25H,2,8-15H2,1H3,(H,26,27)/t17?,18-,19+,21+,22-,23?/m0/s1. The molecular formula is C23H31FN2O2. The van der Waals surface area contributed by atoms with Crippen LogP contribution in [0.25, 0.3) is 0 Å². The van der Waals surface area contributed by atoms with Crippen LogP contribution in [0.1, 0.15) is 44.6 Å². The molecule has 6 rings (SSSR count). The molecule has 2 unspecified atom stereocenters. The Bertz CT molecular complexity index is 758. The van der Waals surface area contributed by atoms with Gasteiger partial charge >= 0.3 is 0 Å². The summed E-state index contributed by atoms with van der Waals surface area (Å²) in [5, 5.41) is 6.22. The maximum Gasteiger partial charge on any atom is 0.227 e. The van der Waals surface area contributed by atoms with Gasteiger partial charge in [-0.05, 0) is 62.5 Å². The van der Waals surface area contributed by atoms with E-state index in [4.69, 9.17) is 4.74 Å². The summed E-state index contributed by atoms with van der Waals surface area (Å²) in [7, 11) is 0. The highest BCUT2D eigenvalue weighted by Crippen LogP contribution is 2.81. The Morgan fingerprint density at radius 2 is 2.11 bits per heavy atom. The van der Waals surface area contributed by atoms with Crippen LogP contribution >= 0.6 is 0 Å². The average Bonchev–Trinajstić information content (AvgIpc) is 3.39. The van der Waals surface area contributed by atoms with Gasteiger partial charge in [-0.25, -0.2) is 4.39 Å². The van der Waals surface area contributed by atoms with Gasteiger partial charge in [0.15, 0.2) is 0 Å². The molecule has 0 spiro atoms. The normalized spacial score (nSPS) is 43.6. The smallest absolute Gasteiger partial charge is 0.227 e. The van der Waals surface area contributed by atoms with Gasteiger partial charge in [0.1, 0.15) is 6.17 Å². The largest absolute Gasteiger partial charge is 0.381 e. The van der Waals surface area contributed by atoms with Gasteiger partial charge < -0.3 is 15.4 Å². The molecule has 1 aliphatic heterocycles. The van der Waals surface area contributed by atoms with E-state index in [1.165, 1.54) is 5.56 Å². The number of carbonyl (C=O) groups is 1. The number of hydrogen-bond acceptors (Lipinski definition) is 3. The van der Waals surface area contributed by atoms with E-state index in [2.05, 4.69) is 41.0 Å². The highest BCUT2D eigenvalue weighted by atomic mass is 19.1. The molecule has 152 valence electrons. The lowest BCUT2D eigenvalue weighted by molar-refractivity contribution is -0.140. The summed E-state index contributed by atoms with van der Waals surface area (Å²) in [4.78, 5) is 13.7. The van der Waals surface area contributed by atoms with Crippen molar-refractivity contribution in [2.24, 2.45) is 16.7 Å². The summed E-state index contributed by atoms with van der Waals surface area (Å²) in [5.41, 5.74) is 0.939. The number of ether oxygens (including phenoxy) is 1. The highest BCUT2D eigenvalue weighted by molar-refractivity contribution is 5.86. The number of halogens is 1. The Hall–Kier alpha value is -1.46. The first-order chi connectivity index (χ1) is 13.6. The second kappa shape index (κ2) is 6.53. The van der Waals surface area contributed by atoms with Gasteiger partial charge in [0, 0.05) is 18.6 Å². The monoisotopic (exact) mass is 386 g/mol. The average molecular weight is 387 g/mol. The van der Waals surface area contributed by atoms with E-state index in [1.807, 2.05) is 6.92 Å². The van der Waals surface area contributed by atoms with Gasteiger partial charge in [0.25, 0.3) is 0 Å². The molecule has 6 atom stereocenters. The van der Waals surface area contributed by atoms with Gasteiger partial charge in [-0.15, -0.1) is 0 Å². The number of alkyl halides is 1. The van der Waals surface area contributed by atoms with Crippen molar-refractivity contribution in [3.05, 3.63) is 35.9 Å². The van der Waals surface area contributed by atoms with Crippen molar-refractivity contribution in [2.45, 2.75) is 56.7 Å². The fourth-order valence-electron chi connectivity index (χ4n) is 7.22. The van der Waals surface area contributed by atoms with E-state index >= 15 is 0 Å². The third-order valence-electron chi connectivity index (χ3n) is 8.39. The van der Waals surface area contributed by atoms with Crippen molar-refractivity contribution in [1.29, 1.82) is 0 Å². The summed E-state index contributed by atoms with van der Waals surface area (Å²) >= 11 is 0. The van der Waals surface area contributed by atoms with Crippen molar-refractivity contribution >= 4 is 5.91 Å². The minimum atomic E-state index is -1.01. The molecular weight excluding hydrogens is 355 g/mol. The number of benzene rings is 1. The van der Waals surface area contributed by atoms with E-state index in [9.17, 15) is 9.18 Å². The molecule has 5 fully saturated rings. The molecule has 4 bridgehead atoms. The second-order valence-corrected chi connectivity index (χ2v) is 9.57. The molecule has 5 heteroatoms. The van der Waals surface area contributed by atoms with Gasteiger partial charge in [-0.1, -0.05) is 30.3 Å². The van der Waals surface area contributed by atoms with Gasteiger partial charge in [0.2, 0.25) is 5.91 Å². The Kier molecular flexibility index (Phi) is 4.33. The van der Waals surface area contributed by atoms with E-state index < -0.39 is 11.6 Å². The minimum Gasteiger partial charge on any atom is -0.381 e. The number of rotatable bonds is 6. The molecule has 1 aromatic rings. The third-order valence-corrected chi connectivity index (χ3v) is 8.39. The molecule has 1 amide bonds. The topological polar surface area (TPSA) is 50.4 Å². The summed E-state index contributed by atoms with van der Waals surface area (Å²) in [6.45, 7) is 4.43. The predicted octanol–water partition coefficient (Wildman–Crippen LogP) is 2.97. The van der Waals surface area contributed by atoms with E-state index in [0.29, 0.717) is 32.1 Å². The Morgan fingerprint density at radius 1 is 1.29 bits per heavy atom. The second-order valence-electron chi connectivity index (χ2n) is 9.57. The lowest BCUT2D eigenvalue weighted by Crippen LogP contribution is -2.56. The van der Waals surface area contributed by atoms with Crippen LogP contribution in [-0.4, -0.2) is 44.4 Å². The quantitative estimate of drug-likeness (QED) is 0.790. The molecule has 4 saturated carbocycles. The molecule has 0 aromatic heterocycles. The number of piperidine rings is 1. The molecule has 2 N–H and O–H groups in total. The van der Waals surface area contributed by atoms with Crippen molar-refractivity contribution in [1.82, 2.24) is 10.6 Å². The van der Waals surface area contributed by atoms with Crippen molar-refractivity contribution in [3.63, 3.8) is 0 Å². The first-order valence-electron chi connectivity index (χ1n) is 10.8. The van der Waals surface area contributed by atoms with Gasteiger partial charge in [-0.3, -0.25) is 4.79 Å². The number of carbonyl (C=O) groups excluding carboxylic acids is 1. The number of hydrogen-bond donors (Lipinski definition) is 2. The van der Waals surface area contributed by atoms with Crippen LogP contribution < -0.4 is 10.6 Å². The van der Waals surface area contributed by atoms with Crippen LogP contribution in [0, 0.1) is 16.7 Å². The van der Waals surface area contributed by atoms with Crippen molar-refractivity contribution < 1.29 is 13.9 Å². The first-order valence-corrected chi connectivity index (χ1v) is 10.8. The summed E-state index contributed by atoms with van der Waals surface area (Å²) in [6, 6.07) is 10.4. The maximum atomic E-state index is 14.4. The Balaban J connectivity index is 1.47. The summed E-state index contributed by atoms with van der Waals surface area (Å²) < 4.78 is 20.3. The van der Waals surface area contributed by atoms with Crippen LogP contribution in [-0.2, 0) is 14.9 Å². The summed E-state index contributed by atoms with van der Waals surface area (Å²) in [6.07, 6.45) is 3.54. The minimum absolute atomic E-state index is 0.0823. The SMILES string of the molecule is CCOC[C@]12CC3CC1(C(=O)N[C@@H]1CCNC[C@@H]1F)C[C@]3(c1ccccc1)C2. The zero-order valence-corrected chi connectivity index (χ0v) is 16.7. The van der Waals surface area contributed by atoms with Crippen molar-refractivity contribution in [3.8, 4) is 0 Å². The van der Waals surface area contributed by atoms with Crippen LogP contribution in [0.2, 0.25) is 0 Å². The molecule has 1 aromatic carbocycles. The number of nitrogens with one attached hydrogen (secondary N) is 2. The molecule has 5 aliphatic rings. The van der Waals surface area contributed by atoms with E-state index in [-0.39, 0.29) is 22.8 Å². The maximum absolute atomic E-state index is 14.4. The zero-order chi connectivity index (χ0) is 19.4. The van der Waals surface area contributed by atoms with Gasteiger partial charge in [-0.2, -0.15) is 0 Å². The van der Waals surface area contributed by atoms with Gasteiger partial charge in [0.05, 0.1) is 18.1 Å². The van der Waals surface area contributed by atoms with E-state index in [1.54, 1.807) is 0 Å². The molecule has 1 heterocycles. The zero-order valence-electron chi connectivity index (χ0n) is 16.7. The van der Waals surface area contributed by atoms with Crippen LogP contribution in [0.15, 0.2) is 30.3 Å². The fourth-order valence-corrected chi connectivity index (χ4v) is 7.22. The third kappa shape index (κ3) is 2.38. The predicted molar refractivity (Wildman–Crippen MR) is 106 cm³/mol. The molecule has 4 nitrogen and oxygen atoms in total. The lowest BCUT2D eigenvalue weighted by Gasteiger charge is -2.40. The Morgan fingerprint density at radius 3 is 2.86 bits per heavy atom. The fraction of sp³-hybridized carbons (Fsp3) is 0.696. The highest BCUT2D eigenvalue weighted by Gasteiger charge is 2.80. The van der Waals surface area contributed by atoms with Crippen LogP contribution in [0.4, 0.5) is 4.39 Å². The first kappa shape index (κ1) is 18.6.